The first kappa shape index (κ1) is 16.1. The van der Waals surface area contributed by atoms with Gasteiger partial charge in [0.2, 0.25) is 0 Å². The molecule has 1 N–H and O–H groups in total. The van der Waals surface area contributed by atoms with Gasteiger partial charge in [-0.05, 0) is 38.1 Å². The van der Waals surface area contributed by atoms with E-state index in [0.29, 0.717) is 16.5 Å². The Bertz CT molecular complexity index is 571. The summed E-state index contributed by atoms with van der Waals surface area (Å²) in [6.07, 6.45) is 2.40. The molecular weight excluding hydrogens is 309 g/mol. The van der Waals surface area contributed by atoms with Gasteiger partial charge in [0.1, 0.15) is 0 Å². The van der Waals surface area contributed by atoms with Crippen molar-refractivity contribution in [2.45, 2.75) is 25.9 Å². The third kappa shape index (κ3) is 3.34. The summed E-state index contributed by atoms with van der Waals surface area (Å²) in [7, 11) is 3.55. The number of aryl methyl sites for hydroxylation is 1. The number of nitrogens with zero attached hydrogens (tertiary/aromatic N) is 2. The Labute approximate surface area is 135 Å². The molecule has 0 aliphatic carbocycles. The third-order valence-electron chi connectivity index (χ3n) is 3.51. The second-order valence-corrected chi connectivity index (χ2v) is 5.47. The first-order valence-corrected chi connectivity index (χ1v) is 7.57. The van der Waals surface area contributed by atoms with Crippen molar-refractivity contribution in [2.24, 2.45) is 0 Å². The number of aromatic nitrogens is 2. The van der Waals surface area contributed by atoms with Gasteiger partial charge in [0.15, 0.2) is 5.75 Å². The molecule has 1 aromatic carbocycles. The molecule has 0 bridgehead atoms. The summed E-state index contributed by atoms with van der Waals surface area (Å²) in [6.45, 7) is 2.82. The van der Waals surface area contributed by atoms with Gasteiger partial charge in [-0.1, -0.05) is 29.3 Å². The Hall–Kier alpha value is -1.23. The molecule has 1 aromatic heterocycles. The van der Waals surface area contributed by atoms with Crippen LogP contribution in [-0.2, 0) is 13.0 Å². The molecule has 0 spiro atoms. The molecule has 6 heteroatoms. The van der Waals surface area contributed by atoms with Gasteiger partial charge in [-0.2, -0.15) is 5.10 Å². The first-order valence-electron chi connectivity index (χ1n) is 6.82. The average Bonchev–Trinajstić information content (AvgIpc) is 2.90. The Morgan fingerprint density at radius 3 is 2.52 bits per heavy atom. The monoisotopic (exact) mass is 327 g/mol. The lowest BCUT2D eigenvalue weighted by Crippen LogP contribution is -2.23. The lowest BCUT2D eigenvalue weighted by atomic mass is 10.0. The molecule has 4 nitrogen and oxygen atoms in total. The van der Waals surface area contributed by atoms with Gasteiger partial charge >= 0.3 is 0 Å². The maximum Gasteiger partial charge on any atom is 0.161 e. The number of benzene rings is 1. The van der Waals surface area contributed by atoms with Crippen LogP contribution in [0.2, 0.25) is 10.0 Å². The molecule has 0 saturated heterocycles. The van der Waals surface area contributed by atoms with Crippen LogP contribution in [0.15, 0.2) is 24.4 Å². The highest BCUT2D eigenvalue weighted by molar-refractivity contribution is 6.36. The Balaban J connectivity index is 2.39. The largest absolute Gasteiger partial charge is 0.493 e. The van der Waals surface area contributed by atoms with Crippen LogP contribution in [0.3, 0.4) is 0 Å². The van der Waals surface area contributed by atoms with E-state index >= 15 is 0 Å². The summed E-state index contributed by atoms with van der Waals surface area (Å²) >= 11 is 12.5. The van der Waals surface area contributed by atoms with Crippen LogP contribution >= 0.6 is 23.2 Å². The molecular formula is C15H19Cl2N3O. The fraction of sp³-hybridized carbons (Fsp3) is 0.400. The number of rotatable bonds is 6. The molecule has 0 aliphatic heterocycles. The van der Waals surface area contributed by atoms with Gasteiger partial charge in [-0.25, -0.2) is 0 Å². The second-order valence-electron chi connectivity index (χ2n) is 4.66. The summed E-state index contributed by atoms with van der Waals surface area (Å²) in [4.78, 5) is 0. The standard InChI is InChI=1S/C15H19Cl2N3O/c1-4-20-15(14(21-3)9-19-20)13(18-2)8-10-11(16)6-5-7-12(10)17/h5-7,9,13,18H,4,8H2,1-3H3. The highest BCUT2D eigenvalue weighted by atomic mass is 35.5. The number of nitrogens with one attached hydrogen (secondary N) is 1. The molecule has 0 amide bonds. The summed E-state index contributed by atoms with van der Waals surface area (Å²) in [6, 6.07) is 5.56. The van der Waals surface area contributed by atoms with E-state index in [4.69, 9.17) is 27.9 Å². The van der Waals surface area contributed by atoms with Gasteiger partial charge in [0, 0.05) is 16.6 Å². The van der Waals surface area contributed by atoms with Gasteiger partial charge in [0.05, 0.1) is 25.0 Å². The summed E-state index contributed by atoms with van der Waals surface area (Å²) in [5, 5.41) is 8.99. The quantitative estimate of drug-likeness (QED) is 0.878. The van der Waals surface area contributed by atoms with E-state index in [1.807, 2.05) is 36.9 Å². The smallest absolute Gasteiger partial charge is 0.161 e. The first-order chi connectivity index (χ1) is 10.1. The molecule has 1 heterocycles. The van der Waals surface area contributed by atoms with Crippen LogP contribution in [-0.4, -0.2) is 23.9 Å². The van der Waals surface area contributed by atoms with Crippen molar-refractivity contribution in [2.75, 3.05) is 14.2 Å². The highest BCUT2D eigenvalue weighted by Gasteiger charge is 2.22. The van der Waals surface area contributed by atoms with Gasteiger partial charge in [0.25, 0.3) is 0 Å². The van der Waals surface area contributed by atoms with Gasteiger partial charge in [-0.3, -0.25) is 4.68 Å². The van der Waals surface area contributed by atoms with Crippen molar-refractivity contribution in [3.8, 4) is 5.75 Å². The van der Waals surface area contributed by atoms with Gasteiger partial charge in [-0.15, -0.1) is 0 Å². The fourth-order valence-corrected chi connectivity index (χ4v) is 2.96. The van der Waals surface area contributed by atoms with Crippen molar-refractivity contribution >= 4 is 23.2 Å². The zero-order chi connectivity index (χ0) is 15.4. The molecule has 2 rings (SSSR count). The maximum absolute atomic E-state index is 6.27. The number of hydrogen-bond donors (Lipinski definition) is 1. The van der Waals surface area contributed by atoms with Crippen LogP contribution in [0.1, 0.15) is 24.2 Å². The summed E-state index contributed by atoms with van der Waals surface area (Å²) in [5.41, 5.74) is 1.92. The predicted molar refractivity (Wildman–Crippen MR) is 86.4 cm³/mol. The van der Waals surface area contributed by atoms with E-state index in [1.165, 1.54) is 0 Å². The van der Waals surface area contributed by atoms with Crippen LogP contribution in [0.5, 0.6) is 5.75 Å². The number of halogens is 2. The zero-order valence-corrected chi connectivity index (χ0v) is 13.9. The van der Waals surface area contributed by atoms with Gasteiger partial charge < -0.3 is 10.1 Å². The Morgan fingerprint density at radius 2 is 2.00 bits per heavy atom. The molecule has 1 atom stereocenters. The van der Waals surface area contributed by atoms with Crippen LogP contribution in [0.4, 0.5) is 0 Å². The van der Waals surface area contributed by atoms with Crippen molar-refractivity contribution in [3.63, 3.8) is 0 Å². The van der Waals surface area contributed by atoms with E-state index in [-0.39, 0.29) is 6.04 Å². The summed E-state index contributed by atoms with van der Waals surface area (Å²) in [5.74, 6) is 0.763. The Kier molecular flexibility index (Phi) is 5.51. The minimum absolute atomic E-state index is 0.0137. The lowest BCUT2D eigenvalue weighted by molar-refractivity contribution is 0.394. The minimum Gasteiger partial charge on any atom is -0.493 e. The molecule has 21 heavy (non-hydrogen) atoms. The highest BCUT2D eigenvalue weighted by Crippen LogP contribution is 2.32. The van der Waals surface area contributed by atoms with Crippen molar-refractivity contribution in [1.82, 2.24) is 15.1 Å². The molecule has 1 unspecified atom stereocenters. The topological polar surface area (TPSA) is 39.1 Å². The molecule has 0 aliphatic rings. The average molecular weight is 328 g/mol. The minimum atomic E-state index is 0.0137. The lowest BCUT2D eigenvalue weighted by Gasteiger charge is -2.20. The summed E-state index contributed by atoms with van der Waals surface area (Å²) < 4.78 is 7.34. The van der Waals surface area contributed by atoms with Crippen molar-refractivity contribution in [3.05, 3.63) is 45.7 Å². The fourth-order valence-electron chi connectivity index (χ4n) is 2.41. The maximum atomic E-state index is 6.27. The molecule has 0 saturated carbocycles. The van der Waals surface area contributed by atoms with Crippen molar-refractivity contribution < 1.29 is 4.74 Å². The van der Waals surface area contributed by atoms with E-state index in [9.17, 15) is 0 Å². The SMILES string of the molecule is CCn1ncc(OC)c1C(Cc1c(Cl)cccc1Cl)NC. The van der Waals surface area contributed by atoms with E-state index in [0.717, 1.165) is 23.6 Å². The van der Waals surface area contributed by atoms with E-state index in [1.54, 1.807) is 13.3 Å². The number of ether oxygens (including phenoxy) is 1. The molecule has 0 fully saturated rings. The molecule has 0 radical (unpaired) electrons. The number of methoxy groups -OCH3 is 1. The van der Waals surface area contributed by atoms with Crippen LogP contribution in [0.25, 0.3) is 0 Å². The Morgan fingerprint density at radius 1 is 1.33 bits per heavy atom. The predicted octanol–water partition coefficient (Wildman–Crippen LogP) is 3.72. The van der Waals surface area contributed by atoms with E-state index < -0.39 is 0 Å². The zero-order valence-electron chi connectivity index (χ0n) is 12.4. The van der Waals surface area contributed by atoms with Crippen LogP contribution in [0, 0.1) is 0 Å². The number of hydrogen-bond acceptors (Lipinski definition) is 3. The molecule has 114 valence electrons. The third-order valence-corrected chi connectivity index (χ3v) is 4.22. The number of likely N-dealkylation sites (N-methyl/N-ethyl adjacent to an activating group) is 1. The normalized spacial score (nSPS) is 12.4. The van der Waals surface area contributed by atoms with Crippen molar-refractivity contribution in [1.29, 1.82) is 0 Å². The second kappa shape index (κ2) is 7.16. The van der Waals surface area contributed by atoms with E-state index in [2.05, 4.69) is 10.4 Å². The molecule has 2 aromatic rings. The van der Waals surface area contributed by atoms with Crippen LogP contribution < -0.4 is 10.1 Å².